The second-order valence-electron chi connectivity index (χ2n) is 6.77. The van der Waals surface area contributed by atoms with E-state index >= 15 is 0 Å². The zero-order valence-corrected chi connectivity index (χ0v) is 16.0. The summed E-state index contributed by atoms with van der Waals surface area (Å²) in [7, 11) is 0. The molecule has 3 rings (SSSR count). The van der Waals surface area contributed by atoms with E-state index in [1.165, 1.54) is 9.78 Å². The molecule has 1 unspecified atom stereocenters. The molecule has 0 spiro atoms. The van der Waals surface area contributed by atoms with Crippen molar-refractivity contribution < 1.29 is 14.4 Å². The Kier molecular flexibility index (Phi) is 5.92. The summed E-state index contributed by atoms with van der Waals surface area (Å²) >= 11 is 1.55. The standard InChI is InChI=1S/C20H23N3O2S/c1-14(2)23-10-8-16-17(12-21)20(26-18(16)13-23)22-19(24)9-11-25-15-6-4-3-5-7-15/h3-7,14H,8-11,13H2,1-2H3,(H,22,24)/p+1. The number of nitriles is 1. The molecule has 2 aromatic rings. The summed E-state index contributed by atoms with van der Waals surface area (Å²) in [4.78, 5) is 15.0. The number of benzene rings is 1. The first-order valence-electron chi connectivity index (χ1n) is 8.95. The lowest BCUT2D eigenvalue weighted by Gasteiger charge is -2.27. The molecule has 2 N–H and O–H groups in total. The summed E-state index contributed by atoms with van der Waals surface area (Å²) in [5, 5.41) is 13.2. The lowest BCUT2D eigenvalue weighted by atomic mass is 10.0. The van der Waals surface area contributed by atoms with Gasteiger partial charge in [-0.3, -0.25) is 4.79 Å². The normalized spacial score (nSPS) is 16.0. The highest BCUT2D eigenvalue weighted by atomic mass is 32.1. The van der Waals surface area contributed by atoms with Crippen molar-refractivity contribution in [3.63, 3.8) is 0 Å². The first kappa shape index (κ1) is 18.4. The highest BCUT2D eigenvalue weighted by Crippen LogP contribution is 2.34. The molecule has 0 fully saturated rings. The number of carbonyl (C=O) groups is 1. The molecule has 136 valence electrons. The van der Waals surface area contributed by atoms with Gasteiger partial charge in [-0.25, -0.2) is 0 Å². The van der Waals surface area contributed by atoms with E-state index in [2.05, 4.69) is 25.2 Å². The number of anilines is 1. The van der Waals surface area contributed by atoms with Crippen molar-refractivity contribution in [1.29, 1.82) is 5.26 Å². The lowest BCUT2D eigenvalue weighted by molar-refractivity contribution is -0.936. The van der Waals surface area contributed by atoms with Gasteiger partial charge in [-0.1, -0.05) is 18.2 Å². The van der Waals surface area contributed by atoms with Crippen LogP contribution in [0.3, 0.4) is 0 Å². The van der Waals surface area contributed by atoms with Crippen LogP contribution in [0, 0.1) is 11.3 Å². The molecule has 6 heteroatoms. The summed E-state index contributed by atoms with van der Waals surface area (Å²) in [5.41, 5.74) is 1.77. The molecule has 2 heterocycles. The number of rotatable bonds is 6. The Morgan fingerprint density at radius 3 is 2.85 bits per heavy atom. The number of quaternary nitrogens is 1. The molecule has 0 saturated carbocycles. The molecular formula is C20H24N3O2S+. The molecule has 1 amide bonds. The van der Waals surface area contributed by atoms with E-state index in [-0.39, 0.29) is 12.3 Å². The highest BCUT2D eigenvalue weighted by molar-refractivity contribution is 7.16. The third kappa shape index (κ3) is 4.24. The van der Waals surface area contributed by atoms with E-state index in [0.717, 1.165) is 30.8 Å². The molecule has 1 aromatic heterocycles. The maximum absolute atomic E-state index is 12.3. The van der Waals surface area contributed by atoms with Crippen molar-refractivity contribution in [2.75, 3.05) is 18.5 Å². The average molecular weight is 370 g/mol. The zero-order valence-electron chi connectivity index (χ0n) is 15.2. The van der Waals surface area contributed by atoms with Gasteiger partial charge in [-0.15, -0.1) is 11.3 Å². The van der Waals surface area contributed by atoms with E-state index in [4.69, 9.17) is 4.74 Å². The molecule has 1 aromatic carbocycles. The third-order valence-electron chi connectivity index (χ3n) is 4.70. The number of hydrogen-bond donors (Lipinski definition) is 2. The second-order valence-corrected chi connectivity index (χ2v) is 7.87. The minimum atomic E-state index is -0.121. The van der Waals surface area contributed by atoms with Crippen LogP contribution in [-0.4, -0.2) is 25.1 Å². The van der Waals surface area contributed by atoms with Crippen molar-refractivity contribution in [2.24, 2.45) is 0 Å². The molecule has 5 nitrogen and oxygen atoms in total. The van der Waals surface area contributed by atoms with E-state index in [1.807, 2.05) is 30.3 Å². The van der Waals surface area contributed by atoms with Gasteiger partial charge >= 0.3 is 0 Å². The fourth-order valence-electron chi connectivity index (χ4n) is 3.17. The van der Waals surface area contributed by atoms with E-state index in [9.17, 15) is 10.1 Å². The minimum absolute atomic E-state index is 0.121. The van der Waals surface area contributed by atoms with Crippen molar-refractivity contribution in [3.05, 3.63) is 46.3 Å². The Morgan fingerprint density at radius 1 is 1.38 bits per heavy atom. The molecule has 1 aliphatic heterocycles. The van der Waals surface area contributed by atoms with Crippen molar-refractivity contribution >= 4 is 22.2 Å². The van der Waals surface area contributed by atoms with Gasteiger partial charge in [0, 0.05) is 6.42 Å². The van der Waals surface area contributed by atoms with Gasteiger partial charge in [0.1, 0.15) is 23.4 Å². The van der Waals surface area contributed by atoms with Crippen LogP contribution >= 0.6 is 11.3 Å². The fraction of sp³-hybridized carbons (Fsp3) is 0.400. The minimum Gasteiger partial charge on any atom is -0.493 e. The molecule has 0 radical (unpaired) electrons. The number of para-hydroxylation sites is 1. The summed E-state index contributed by atoms with van der Waals surface area (Å²) < 4.78 is 5.57. The molecule has 26 heavy (non-hydrogen) atoms. The van der Waals surface area contributed by atoms with Gasteiger partial charge < -0.3 is 15.0 Å². The van der Waals surface area contributed by atoms with Gasteiger partial charge in [0.15, 0.2) is 0 Å². The largest absolute Gasteiger partial charge is 0.493 e. The van der Waals surface area contributed by atoms with Crippen molar-refractivity contribution in [3.8, 4) is 11.8 Å². The maximum Gasteiger partial charge on any atom is 0.228 e. The quantitative estimate of drug-likeness (QED) is 0.820. The Bertz CT molecular complexity index is 808. The Balaban J connectivity index is 1.61. The fourth-order valence-corrected chi connectivity index (χ4v) is 4.43. The first-order valence-corrected chi connectivity index (χ1v) is 9.77. The number of amides is 1. The number of ether oxygens (including phenoxy) is 1. The Hall–Kier alpha value is -2.36. The molecule has 0 bridgehead atoms. The highest BCUT2D eigenvalue weighted by Gasteiger charge is 2.28. The van der Waals surface area contributed by atoms with Crippen LogP contribution < -0.4 is 15.0 Å². The number of carbonyl (C=O) groups excluding carboxylic acids is 1. The number of nitrogens with one attached hydrogen (secondary N) is 2. The summed E-state index contributed by atoms with van der Waals surface area (Å²) in [5.74, 6) is 0.630. The van der Waals surface area contributed by atoms with E-state index in [0.29, 0.717) is 23.2 Å². The number of nitrogens with zero attached hydrogens (tertiary/aromatic N) is 1. The van der Waals surface area contributed by atoms with Crippen molar-refractivity contribution in [1.82, 2.24) is 0 Å². The first-order chi connectivity index (χ1) is 12.6. The number of thiophene rings is 1. The lowest BCUT2D eigenvalue weighted by Crippen LogP contribution is -3.14. The number of hydrogen-bond acceptors (Lipinski definition) is 4. The smallest absolute Gasteiger partial charge is 0.228 e. The van der Waals surface area contributed by atoms with Crippen LogP contribution in [0.5, 0.6) is 5.75 Å². The van der Waals surface area contributed by atoms with Crippen LogP contribution in [0.2, 0.25) is 0 Å². The SMILES string of the molecule is CC(C)[NH+]1CCc2c(sc(NC(=O)CCOc3ccccc3)c2C#N)C1. The van der Waals surface area contributed by atoms with Crippen LogP contribution in [0.15, 0.2) is 30.3 Å². The average Bonchev–Trinajstić information content (AvgIpc) is 2.98. The summed E-state index contributed by atoms with van der Waals surface area (Å²) in [6.45, 7) is 6.71. The Labute approximate surface area is 158 Å². The summed E-state index contributed by atoms with van der Waals surface area (Å²) in [6.07, 6.45) is 1.15. The predicted molar refractivity (Wildman–Crippen MR) is 103 cm³/mol. The van der Waals surface area contributed by atoms with Gasteiger partial charge in [0.05, 0.1) is 36.1 Å². The second kappa shape index (κ2) is 8.35. The van der Waals surface area contributed by atoms with E-state index < -0.39 is 0 Å². The molecular weight excluding hydrogens is 346 g/mol. The predicted octanol–water partition coefficient (Wildman–Crippen LogP) is 2.38. The van der Waals surface area contributed by atoms with Crippen LogP contribution in [0.1, 0.15) is 36.3 Å². The van der Waals surface area contributed by atoms with Crippen LogP contribution in [0.4, 0.5) is 5.00 Å². The van der Waals surface area contributed by atoms with Gasteiger partial charge in [0.25, 0.3) is 0 Å². The summed E-state index contributed by atoms with van der Waals surface area (Å²) in [6, 6.07) is 12.3. The molecule has 0 saturated heterocycles. The monoisotopic (exact) mass is 370 g/mol. The van der Waals surface area contributed by atoms with Gasteiger partial charge in [-0.2, -0.15) is 5.26 Å². The zero-order chi connectivity index (χ0) is 18.5. The number of fused-ring (bicyclic) bond motifs is 1. The third-order valence-corrected chi connectivity index (χ3v) is 5.84. The molecule has 0 aliphatic carbocycles. The molecule has 1 aliphatic rings. The van der Waals surface area contributed by atoms with Gasteiger partial charge in [-0.05, 0) is 31.5 Å². The van der Waals surface area contributed by atoms with Crippen LogP contribution in [0.25, 0.3) is 0 Å². The van der Waals surface area contributed by atoms with Gasteiger partial charge in [0.2, 0.25) is 5.91 Å². The maximum atomic E-state index is 12.3. The van der Waals surface area contributed by atoms with Crippen molar-refractivity contribution in [2.45, 2.75) is 39.3 Å². The van der Waals surface area contributed by atoms with E-state index in [1.54, 1.807) is 11.3 Å². The topological polar surface area (TPSA) is 66.6 Å². The molecule has 1 atom stereocenters. The Morgan fingerprint density at radius 2 is 2.15 bits per heavy atom. The van der Waals surface area contributed by atoms with Crippen LogP contribution in [-0.2, 0) is 17.8 Å².